The summed E-state index contributed by atoms with van der Waals surface area (Å²) in [4.78, 5) is 41.4. The van der Waals surface area contributed by atoms with Gasteiger partial charge < -0.3 is 4.90 Å². The van der Waals surface area contributed by atoms with E-state index in [2.05, 4.69) is 0 Å². The molecule has 0 N–H and O–H groups in total. The fourth-order valence-electron chi connectivity index (χ4n) is 3.34. The quantitative estimate of drug-likeness (QED) is 0.579. The standard InChI is InChI=1S/C22H23FN2O3/c1-22(2,3)25-20(27)18(13-19(26)16-9-11-17(23)12-10-16)24(21(25)28)14-15-7-5-4-6-8-15/h4-12,18H,13-14H2,1-3H3. The zero-order valence-electron chi connectivity index (χ0n) is 16.2. The van der Waals surface area contributed by atoms with Crippen molar-refractivity contribution in [2.75, 3.05) is 0 Å². The largest absolute Gasteiger partial charge is 0.328 e. The van der Waals surface area contributed by atoms with Crippen molar-refractivity contribution in [2.24, 2.45) is 0 Å². The van der Waals surface area contributed by atoms with Crippen LogP contribution in [0.25, 0.3) is 0 Å². The molecule has 0 bridgehead atoms. The van der Waals surface area contributed by atoms with Crippen LogP contribution in [0.15, 0.2) is 54.6 Å². The molecule has 5 nitrogen and oxygen atoms in total. The van der Waals surface area contributed by atoms with Crippen molar-refractivity contribution in [1.82, 2.24) is 9.80 Å². The maximum absolute atomic E-state index is 13.1. The normalized spacial score (nSPS) is 17.4. The highest BCUT2D eigenvalue weighted by Gasteiger charge is 2.49. The number of rotatable bonds is 5. The highest BCUT2D eigenvalue weighted by Crippen LogP contribution is 2.29. The molecule has 3 amide bonds. The molecule has 1 aliphatic heterocycles. The minimum absolute atomic E-state index is 0.143. The average molecular weight is 382 g/mol. The van der Waals surface area contributed by atoms with E-state index < -0.39 is 23.4 Å². The van der Waals surface area contributed by atoms with Gasteiger partial charge in [0, 0.05) is 24.1 Å². The van der Waals surface area contributed by atoms with Crippen LogP contribution in [0.4, 0.5) is 9.18 Å². The highest BCUT2D eigenvalue weighted by molar-refractivity contribution is 6.08. The van der Waals surface area contributed by atoms with Crippen LogP contribution < -0.4 is 0 Å². The predicted molar refractivity (Wildman–Crippen MR) is 103 cm³/mol. The molecule has 1 saturated heterocycles. The number of hydrogen-bond donors (Lipinski definition) is 0. The number of halogens is 1. The summed E-state index contributed by atoms with van der Waals surface area (Å²) in [6.45, 7) is 5.59. The second-order valence-electron chi connectivity index (χ2n) is 7.89. The minimum Gasteiger partial charge on any atom is -0.307 e. The van der Waals surface area contributed by atoms with Crippen LogP contribution in [0, 0.1) is 5.82 Å². The molecule has 0 aromatic heterocycles. The molecule has 0 radical (unpaired) electrons. The Kier molecular flexibility index (Phi) is 5.31. The Bertz CT molecular complexity index is 888. The van der Waals surface area contributed by atoms with E-state index in [9.17, 15) is 18.8 Å². The molecule has 3 rings (SSSR count). The van der Waals surface area contributed by atoms with E-state index in [1.807, 2.05) is 30.3 Å². The molecule has 1 heterocycles. The number of Topliss-reactive ketones (excluding diaryl/α,β-unsaturated/α-hetero) is 1. The molecule has 2 aromatic rings. The van der Waals surface area contributed by atoms with Crippen LogP contribution >= 0.6 is 0 Å². The zero-order chi connectivity index (χ0) is 20.5. The first-order valence-corrected chi connectivity index (χ1v) is 9.16. The van der Waals surface area contributed by atoms with Gasteiger partial charge in [0.25, 0.3) is 5.91 Å². The second-order valence-corrected chi connectivity index (χ2v) is 7.89. The fourth-order valence-corrected chi connectivity index (χ4v) is 3.34. The van der Waals surface area contributed by atoms with Crippen molar-refractivity contribution in [2.45, 2.75) is 45.3 Å². The van der Waals surface area contributed by atoms with Gasteiger partial charge in [-0.1, -0.05) is 30.3 Å². The van der Waals surface area contributed by atoms with Gasteiger partial charge in [-0.2, -0.15) is 0 Å². The summed E-state index contributed by atoms with van der Waals surface area (Å²) in [5, 5.41) is 0. The molecule has 28 heavy (non-hydrogen) atoms. The van der Waals surface area contributed by atoms with Gasteiger partial charge in [-0.05, 0) is 50.6 Å². The Morgan fingerprint density at radius 1 is 1.00 bits per heavy atom. The van der Waals surface area contributed by atoms with Crippen molar-refractivity contribution in [3.8, 4) is 0 Å². The van der Waals surface area contributed by atoms with Gasteiger partial charge >= 0.3 is 6.03 Å². The first-order chi connectivity index (χ1) is 13.2. The maximum Gasteiger partial charge on any atom is 0.328 e. The smallest absolute Gasteiger partial charge is 0.307 e. The lowest BCUT2D eigenvalue weighted by Crippen LogP contribution is -2.46. The first kappa shape index (κ1) is 19.7. The summed E-state index contributed by atoms with van der Waals surface area (Å²) >= 11 is 0. The third kappa shape index (κ3) is 3.96. The number of amides is 3. The van der Waals surface area contributed by atoms with Crippen molar-refractivity contribution in [3.05, 3.63) is 71.5 Å². The van der Waals surface area contributed by atoms with Gasteiger partial charge in [0.2, 0.25) is 0 Å². The molecule has 0 aliphatic carbocycles. The Morgan fingerprint density at radius 3 is 2.18 bits per heavy atom. The third-order valence-corrected chi connectivity index (χ3v) is 4.73. The van der Waals surface area contributed by atoms with Crippen LogP contribution in [0.5, 0.6) is 0 Å². The predicted octanol–water partition coefficient (Wildman–Crippen LogP) is 4.03. The summed E-state index contributed by atoms with van der Waals surface area (Å²) in [6.07, 6.45) is -0.143. The molecule has 146 valence electrons. The Morgan fingerprint density at radius 2 is 1.61 bits per heavy atom. The molecule has 6 heteroatoms. The molecule has 1 fully saturated rings. The summed E-state index contributed by atoms with van der Waals surface area (Å²) in [6, 6.07) is 13.2. The maximum atomic E-state index is 13.1. The number of carbonyl (C=O) groups excluding carboxylic acids is 3. The number of hydrogen-bond acceptors (Lipinski definition) is 3. The number of imide groups is 1. The van der Waals surface area contributed by atoms with Gasteiger partial charge in [-0.15, -0.1) is 0 Å². The number of nitrogens with zero attached hydrogens (tertiary/aromatic N) is 2. The molecule has 2 aromatic carbocycles. The van der Waals surface area contributed by atoms with E-state index in [-0.39, 0.29) is 24.7 Å². The second kappa shape index (κ2) is 7.54. The number of carbonyl (C=O) groups is 3. The lowest BCUT2D eigenvalue weighted by atomic mass is 10.0. The van der Waals surface area contributed by atoms with Crippen molar-refractivity contribution >= 4 is 17.7 Å². The lowest BCUT2D eigenvalue weighted by Gasteiger charge is -2.29. The monoisotopic (exact) mass is 382 g/mol. The van der Waals surface area contributed by atoms with Gasteiger partial charge in [-0.25, -0.2) is 9.18 Å². The molecular formula is C22H23FN2O3. The van der Waals surface area contributed by atoms with E-state index in [0.29, 0.717) is 5.56 Å². The summed E-state index contributed by atoms with van der Waals surface area (Å²) in [5.74, 6) is -1.13. The Balaban J connectivity index is 1.89. The Labute approximate surface area is 163 Å². The summed E-state index contributed by atoms with van der Waals surface area (Å²) in [7, 11) is 0. The van der Waals surface area contributed by atoms with Crippen LogP contribution in [0.3, 0.4) is 0 Å². The van der Waals surface area contributed by atoms with Gasteiger partial charge in [0.15, 0.2) is 5.78 Å². The van der Waals surface area contributed by atoms with Crippen LogP contribution in [0.1, 0.15) is 43.1 Å². The van der Waals surface area contributed by atoms with Crippen LogP contribution in [-0.2, 0) is 11.3 Å². The number of benzene rings is 2. The molecule has 0 saturated carbocycles. The van der Waals surface area contributed by atoms with Crippen molar-refractivity contribution in [3.63, 3.8) is 0 Å². The van der Waals surface area contributed by atoms with E-state index >= 15 is 0 Å². The highest BCUT2D eigenvalue weighted by atomic mass is 19.1. The molecule has 1 atom stereocenters. The lowest BCUT2D eigenvalue weighted by molar-refractivity contribution is -0.131. The van der Waals surface area contributed by atoms with Gasteiger partial charge in [-0.3, -0.25) is 14.5 Å². The molecule has 0 spiro atoms. The van der Waals surface area contributed by atoms with Gasteiger partial charge in [0.1, 0.15) is 11.9 Å². The van der Waals surface area contributed by atoms with Crippen molar-refractivity contribution < 1.29 is 18.8 Å². The molecule has 1 aliphatic rings. The summed E-state index contributed by atoms with van der Waals surface area (Å²) in [5.41, 5.74) is 0.491. The first-order valence-electron chi connectivity index (χ1n) is 9.16. The van der Waals surface area contributed by atoms with E-state index in [0.717, 1.165) is 5.56 Å². The molecular weight excluding hydrogens is 359 g/mol. The SMILES string of the molecule is CC(C)(C)N1C(=O)C(CC(=O)c2ccc(F)cc2)N(Cc2ccccc2)C1=O. The summed E-state index contributed by atoms with van der Waals surface area (Å²) < 4.78 is 13.1. The fraction of sp³-hybridized carbons (Fsp3) is 0.318. The van der Waals surface area contributed by atoms with Crippen molar-refractivity contribution in [1.29, 1.82) is 0 Å². The topological polar surface area (TPSA) is 57.7 Å². The van der Waals surface area contributed by atoms with E-state index in [1.54, 1.807) is 20.8 Å². The number of urea groups is 1. The van der Waals surface area contributed by atoms with E-state index in [4.69, 9.17) is 0 Å². The average Bonchev–Trinajstić information content (AvgIpc) is 2.87. The number of ketones is 1. The minimum atomic E-state index is -0.885. The van der Waals surface area contributed by atoms with Gasteiger partial charge in [0.05, 0.1) is 0 Å². The molecule has 1 unspecified atom stereocenters. The third-order valence-electron chi connectivity index (χ3n) is 4.73. The van der Waals surface area contributed by atoms with Crippen LogP contribution in [-0.4, -0.2) is 39.1 Å². The van der Waals surface area contributed by atoms with Crippen LogP contribution in [0.2, 0.25) is 0 Å². The van der Waals surface area contributed by atoms with E-state index in [1.165, 1.54) is 34.1 Å². The zero-order valence-corrected chi connectivity index (χ0v) is 16.2. The Hall–Kier alpha value is -3.02.